The Balaban J connectivity index is 2.45. The van der Waals surface area contributed by atoms with Crippen molar-refractivity contribution >= 4 is 21.6 Å². The molecule has 1 unspecified atom stereocenters. The van der Waals surface area contributed by atoms with Crippen molar-refractivity contribution in [2.24, 2.45) is 0 Å². The second kappa shape index (κ2) is 5.12. The Morgan fingerprint density at radius 2 is 2.11 bits per heavy atom. The Kier molecular flexibility index (Phi) is 3.73. The van der Waals surface area contributed by atoms with Gasteiger partial charge in [0.1, 0.15) is 6.10 Å². The van der Waals surface area contributed by atoms with Crippen LogP contribution in [0.25, 0.3) is 0 Å². The zero-order valence-corrected chi connectivity index (χ0v) is 11.9. The number of aromatic nitrogens is 2. The van der Waals surface area contributed by atoms with Crippen LogP contribution in [0.2, 0.25) is 0 Å². The second-order valence-corrected chi connectivity index (χ2v) is 5.34. The number of nitrogens with zero attached hydrogens (tertiary/aromatic N) is 2. The molecule has 0 spiro atoms. The molecule has 0 bridgehead atoms. The van der Waals surface area contributed by atoms with Crippen molar-refractivity contribution in [1.82, 2.24) is 9.78 Å². The lowest BCUT2D eigenvalue weighted by molar-refractivity contribution is 0.204. The van der Waals surface area contributed by atoms with E-state index in [0.29, 0.717) is 5.69 Å². The van der Waals surface area contributed by atoms with Crippen molar-refractivity contribution in [1.29, 1.82) is 0 Å². The van der Waals surface area contributed by atoms with E-state index in [2.05, 4.69) is 21.0 Å². The summed E-state index contributed by atoms with van der Waals surface area (Å²) in [4.78, 5) is 0. The molecule has 0 aliphatic carbocycles. The van der Waals surface area contributed by atoms with Gasteiger partial charge in [-0.05, 0) is 47.5 Å². The van der Waals surface area contributed by atoms with Gasteiger partial charge in [-0.3, -0.25) is 4.68 Å². The number of benzene rings is 1. The highest BCUT2D eigenvalue weighted by Gasteiger charge is 2.20. The first-order valence-electron chi connectivity index (χ1n) is 5.77. The van der Waals surface area contributed by atoms with Crippen LogP contribution < -0.4 is 5.73 Å². The van der Waals surface area contributed by atoms with Crippen LogP contribution in [0.15, 0.2) is 34.9 Å². The van der Waals surface area contributed by atoms with E-state index in [9.17, 15) is 5.11 Å². The predicted molar refractivity (Wildman–Crippen MR) is 75.2 cm³/mol. The monoisotopic (exact) mass is 309 g/mol. The lowest BCUT2D eigenvalue weighted by Crippen LogP contribution is -2.12. The van der Waals surface area contributed by atoms with E-state index in [4.69, 9.17) is 5.73 Å². The summed E-state index contributed by atoms with van der Waals surface area (Å²) in [7, 11) is 0. The molecule has 3 N–H and O–H groups in total. The van der Waals surface area contributed by atoms with E-state index in [1.165, 1.54) is 0 Å². The molecule has 0 aliphatic rings. The maximum Gasteiger partial charge on any atom is 0.122 e. The summed E-state index contributed by atoms with van der Waals surface area (Å²) < 4.78 is 2.60. The number of hydrogen-bond donors (Lipinski definition) is 2. The van der Waals surface area contributed by atoms with Crippen molar-refractivity contribution in [2.75, 3.05) is 5.73 Å². The molecule has 0 fully saturated rings. The average molecular weight is 310 g/mol. The summed E-state index contributed by atoms with van der Waals surface area (Å²) in [5.74, 6) is 0. The third-order valence-electron chi connectivity index (χ3n) is 2.76. The smallest absolute Gasteiger partial charge is 0.122 e. The summed E-state index contributed by atoms with van der Waals surface area (Å²) in [6.45, 7) is 4.05. The van der Waals surface area contributed by atoms with Gasteiger partial charge in [0.05, 0.1) is 16.4 Å². The first-order chi connectivity index (χ1) is 8.50. The van der Waals surface area contributed by atoms with E-state index >= 15 is 0 Å². The number of hydrogen-bond acceptors (Lipinski definition) is 3. The zero-order chi connectivity index (χ0) is 13.3. The van der Waals surface area contributed by atoms with Crippen molar-refractivity contribution in [2.45, 2.75) is 26.0 Å². The van der Waals surface area contributed by atoms with Crippen LogP contribution in [0.3, 0.4) is 0 Å². The van der Waals surface area contributed by atoms with Crippen LogP contribution in [0.5, 0.6) is 0 Å². The molecule has 1 atom stereocenters. The maximum absolute atomic E-state index is 10.5. The molecule has 0 saturated carbocycles. The van der Waals surface area contributed by atoms with Crippen LogP contribution in [0, 0.1) is 0 Å². The van der Waals surface area contributed by atoms with E-state index in [1.807, 2.05) is 26.0 Å². The van der Waals surface area contributed by atoms with Gasteiger partial charge in [0.25, 0.3) is 0 Å². The van der Waals surface area contributed by atoms with Gasteiger partial charge >= 0.3 is 0 Å². The fourth-order valence-electron chi connectivity index (χ4n) is 1.91. The number of halogens is 1. The van der Waals surface area contributed by atoms with Gasteiger partial charge in [-0.1, -0.05) is 12.1 Å². The van der Waals surface area contributed by atoms with Crippen LogP contribution in [0.4, 0.5) is 5.69 Å². The fraction of sp³-hybridized carbons (Fsp3) is 0.308. The molecule has 0 saturated heterocycles. The van der Waals surface area contributed by atoms with Crippen LogP contribution in [-0.2, 0) is 0 Å². The van der Waals surface area contributed by atoms with Gasteiger partial charge < -0.3 is 10.8 Å². The normalized spacial score (nSPS) is 12.9. The van der Waals surface area contributed by atoms with Crippen molar-refractivity contribution in [3.8, 4) is 0 Å². The molecule has 1 aromatic carbocycles. The Bertz CT molecular complexity index is 551. The Morgan fingerprint density at radius 1 is 1.39 bits per heavy atom. The van der Waals surface area contributed by atoms with Gasteiger partial charge in [0.15, 0.2) is 0 Å². The molecule has 0 amide bonds. The van der Waals surface area contributed by atoms with Crippen LogP contribution in [-0.4, -0.2) is 14.9 Å². The number of aliphatic hydroxyl groups is 1. The molecule has 0 radical (unpaired) electrons. The third kappa shape index (κ3) is 2.42. The largest absolute Gasteiger partial charge is 0.399 e. The summed E-state index contributed by atoms with van der Waals surface area (Å²) in [5, 5.41) is 14.7. The molecular weight excluding hydrogens is 294 g/mol. The first kappa shape index (κ1) is 13.1. The molecule has 1 heterocycles. The van der Waals surface area contributed by atoms with E-state index < -0.39 is 6.10 Å². The average Bonchev–Trinajstić information content (AvgIpc) is 2.70. The Hall–Kier alpha value is -1.33. The lowest BCUT2D eigenvalue weighted by Gasteiger charge is -2.17. The molecule has 2 aromatic rings. The minimum atomic E-state index is -0.743. The second-order valence-electron chi connectivity index (χ2n) is 4.49. The predicted octanol–water partition coefficient (Wildman–Crippen LogP) is 2.89. The SMILES string of the molecule is CC(C)n1ncc(Br)c1C(O)c1cccc(N)c1. The molecule has 4 nitrogen and oxygen atoms in total. The molecular formula is C13H16BrN3O. The van der Waals surface area contributed by atoms with Crippen molar-refractivity contribution in [3.63, 3.8) is 0 Å². The molecule has 5 heteroatoms. The van der Waals surface area contributed by atoms with Gasteiger partial charge in [0, 0.05) is 11.7 Å². The number of anilines is 1. The van der Waals surface area contributed by atoms with Gasteiger partial charge in [0.2, 0.25) is 0 Å². The quantitative estimate of drug-likeness (QED) is 0.857. The fourth-order valence-corrected chi connectivity index (χ4v) is 2.40. The number of nitrogens with two attached hydrogens (primary N) is 1. The standard InChI is InChI=1S/C13H16BrN3O/c1-8(2)17-12(11(14)7-16-17)13(18)9-4-3-5-10(15)6-9/h3-8,13,18H,15H2,1-2H3. The molecule has 1 aromatic heterocycles. The van der Waals surface area contributed by atoms with E-state index in [-0.39, 0.29) is 6.04 Å². The van der Waals surface area contributed by atoms with Gasteiger partial charge in [-0.15, -0.1) is 0 Å². The lowest BCUT2D eigenvalue weighted by atomic mass is 10.1. The van der Waals surface area contributed by atoms with E-state index in [1.54, 1.807) is 23.0 Å². The maximum atomic E-state index is 10.5. The van der Waals surface area contributed by atoms with Crippen LogP contribution >= 0.6 is 15.9 Å². The van der Waals surface area contributed by atoms with Gasteiger partial charge in [-0.2, -0.15) is 5.10 Å². The molecule has 0 aliphatic heterocycles. The highest BCUT2D eigenvalue weighted by molar-refractivity contribution is 9.10. The minimum Gasteiger partial charge on any atom is -0.399 e. The molecule has 2 rings (SSSR count). The summed E-state index contributed by atoms with van der Waals surface area (Å²) >= 11 is 3.43. The Labute approximate surface area is 115 Å². The van der Waals surface area contributed by atoms with Crippen LogP contribution in [0.1, 0.15) is 37.3 Å². The third-order valence-corrected chi connectivity index (χ3v) is 3.37. The number of aliphatic hydroxyl groups excluding tert-OH is 1. The minimum absolute atomic E-state index is 0.182. The summed E-state index contributed by atoms with van der Waals surface area (Å²) in [5.41, 5.74) is 7.89. The van der Waals surface area contributed by atoms with Crippen molar-refractivity contribution < 1.29 is 5.11 Å². The highest BCUT2D eigenvalue weighted by atomic mass is 79.9. The van der Waals surface area contributed by atoms with E-state index in [0.717, 1.165) is 15.7 Å². The number of nitrogen functional groups attached to an aromatic ring is 1. The summed E-state index contributed by atoms with van der Waals surface area (Å²) in [6, 6.07) is 7.44. The number of rotatable bonds is 3. The zero-order valence-electron chi connectivity index (χ0n) is 10.3. The highest BCUT2D eigenvalue weighted by Crippen LogP contribution is 2.30. The summed E-state index contributed by atoms with van der Waals surface area (Å²) in [6.07, 6.45) is 0.956. The molecule has 18 heavy (non-hydrogen) atoms. The first-order valence-corrected chi connectivity index (χ1v) is 6.56. The van der Waals surface area contributed by atoms with Crippen molar-refractivity contribution in [3.05, 3.63) is 46.2 Å². The molecule has 96 valence electrons. The van der Waals surface area contributed by atoms with Gasteiger partial charge in [-0.25, -0.2) is 0 Å². The Morgan fingerprint density at radius 3 is 2.72 bits per heavy atom. The topological polar surface area (TPSA) is 64.1 Å².